The van der Waals surface area contributed by atoms with E-state index in [-0.39, 0.29) is 6.79 Å². The predicted molar refractivity (Wildman–Crippen MR) is 126 cm³/mol. The SMILES string of the molecule is COCOc1ccc(-c2cc(-c3ccc(Cl)cc3)[nH]c(=O)n2)cc1OCCN1CCOCC1. The van der Waals surface area contributed by atoms with Gasteiger partial charge in [-0.15, -0.1) is 0 Å². The van der Waals surface area contributed by atoms with Crippen LogP contribution in [-0.2, 0) is 9.47 Å². The molecule has 1 aromatic heterocycles. The maximum atomic E-state index is 12.3. The van der Waals surface area contributed by atoms with E-state index in [9.17, 15) is 4.79 Å². The predicted octanol–water partition coefficient (Wildman–Crippen LogP) is 3.45. The first-order valence-electron chi connectivity index (χ1n) is 10.7. The van der Waals surface area contributed by atoms with Gasteiger partial charge >= 0.3 is 5.69 Å². The summed E-state index contributed by atoms with van der Waals surface area (Å²) in [5.41, 5.74) is 2.31. The number of hydrogen-bond donors (Lipinski definition) is 1. The summed E-state index contributed by atoms with van der Waals surface area (Å²) < 4.78 is 22.2. The van der Waals surface area contributed by atoms with E-state index >= 15 is 0 Å². The third kappa shape index (κ3) is 6.33. The van der Waals surface area contributed by atoms with Crippen LogP contribution in [0, 0.1) is 0 Å². The quantitative estimate of drug-likeness (QED) is 0.478. The van der Waals surface area contributed by atoms with Crippen LogP contribution in [0.1, 0.15) is 0 Å². The third-order valence-electron chi connectivity index (χ3n) is 5.24. The van der Waals surface area contributed by atoms with Gasteiger partial charge < -0.3 is 23.9 Å². The molecule has 8 nitrogen and oxygen atoms in total. The van der Waals surface area contributed by atoms with Gasteiger partial charge in [-0.2, -0.15) is 4.98 Å². The van der Waals surface area contributed by atoms with Crippen LogP contribution in [0.25, 0.3) is 22.5 Å². The summed E-state index contributed by atoms with van der Waals surface area (Å²) in [6, 6.07) is 14.5. The number of benzene rings is 2. The fourth-order valence-corrected chi connectivity index (χ4v) is 3.65. The molecule has 1 aliphatic rings. The molecule has 2 aromatic carbocycles. The second-order valence-corrected chi connectivity index (χ2v) is 7.94. The van der Waals surface area contributed by atoms with E-state index in [1.807, 2.05) is 30.3 Å². The van der Waals surface area contributed by atoms with Crippen LogP contribution in [0.2, 0.25) is 5.02 Å². The van der Waals surface area contributed by atoms with Crippen molar-refractivity contribution >= 4 is 11.6 Å². The molecule has 174 valence electrons. The number of halogens is 1. The van der Waals surface area contributed by atoms with Crippen molar-refractivity contribution in [3.8, 4) is 34.0 Å². The van der Waals surface area contributed by atoms with Gasteiger partial charge in [0.2, 0.25) is 0 Å². The first-order chi connectivity index (χ1) is 16.1. The maximum absolute atomic E-state index is 12.3. The highest BCUT2D eigenvalue weighted by Crippen LogP contribution is 2.33. The Morgan fingerprint density at radius 3 is 2.55 bits per heavy atom. The number of nitrogens with zero attached hydrogens (tertiary/aromatic N) is 2. The van der Waals surface area contributed by atoms with Crippen LogP contribution in [0.3, 0.4) is 0 Å². The van der Waals surface area contributed by atoms with Gasteiger partial charge in [-0.05, 0) is 42.0 Å². The number of methoxy groups -OCH3 is 1. The molecule has 1 aliphatic heterocycles. The zero-order chi connectivity index (χ0) is 23.0. The summed E-state index contributed by atoms with van der Waals surface area (Å²) in [4.78, 5) is 21.5. The zero-order valence-corrected chi connectivity index (χ0v) is 19.1. The van der Waals surface area contributed by atoms with E-state index in [1.54, 1.807) is 25.3 Å². The first kappa shape index (κ1) is 23.3. The summed E-state index contributed by atoms with van der Waals surface area (Å²) in [6.07, 6.45) is 0. The molecule has 0 aliphatic carbocycles. The summed E-state index contributed by atoms with van der Waals surface area (Å²) in [7, 11) is 1.56. The monoisotopic (exact) mass is 471 g/mol. The molecule has 0 bridgehead atoms. The molecule has 1 N–H and O–H groups in total. The Morgan fingerprint density at radius 2 is 1.79 bits per heavy atom. The maximum Gasteiger partial charge on any atom is 0.345 e. The molecule has 1 fully saturated rings. The van der Waals surface area contributed by atoms with Crippen molar-refractivity contribution < 1.29 is 18.9 Å². The van der Waals surface area contributed by atoms with Gasteiger partial charge in [0.05, 0.1) is 24.6 Å². The molecule has 0 atom stereocenters. The third-order valence-corrected chi connectivity index (χ3v) is 5.49. The topological polar surface area (TPSA) is 85.9 Å². The molecule has 0 spiro atoms. The normalized spacial score (nSPS) is 14.2. The molecule has 0 saturated carbocycles. The molecular formula is C24H26ClN3O5. The number of aromatic amines is 1. The van der Waals surface area contributed by atoms with Crippen LogP contribution < -0.4 is 15.2 Å². The minimum absolute atomic E-state index is 0.100. The van der Waals surface area contributed by atoms with Gasteiger partial charge in [-0.25, -0.2) is 4.79 Å². The van der Waals surface area contributed by atoms with E-state index in [4.69, 9.17) is 30.5 Å². The smallest absolute Gasteiger partial charge is 0.345 e. The fraction of sp³-hybridized carbons (Fsp3) is 0.333. The van der Waals surface area contributed by atoms with Crippen molar-refractivity contribution in [1.29, 1.82) is 0 Å². The van der Waals surface area contributed by atoms with Crippen LogP contribution in [0.15, 0.2) is 53.3 Å². The Bertz CT molecular complexity index is 1110. The Labute approximate surface area is 197 Å². The number of aromatic nitrogens is 2. The number of rotatable bonds is 9. The van der Waals surface area contributed by atoms with E-state index in [1.165, 1.54) is 0 Å². The molecular weight excluding hydrogens is 446 g/mol. The largest absolute Gasteiger partial charge is 0.488 e. The first-order valence-corrected chi connectivity index (χ1v) is 11.1. The molecule has 0 unspecified atom stereocenters. The Morgan fingerprint density at radius 1 is 1.03 bits per heavy atom. The van der Waals surface area contributed by atoms with Crippen molar-refractivity contribution in [2.75, 3.05) is 53.4 Å². The van der Waals surface area contributed by atoms with Gasteiger partial charge in [-0.1, -0.05) is 23.7 Å². The molecule has 3 aromatic rings. The van der Waals surface area contributed by atoms with Crippen molar-refractivity contribution in [3.05, 3.63) is 64.0 Å². The van der Waals surface area contributed by atoms with Crippen LogP contribution in [0.4, 0.5) is 0 Å². The Kier molecular flexibility index (Phi) is 7.96. The summed E-state index contributed by atoms with van der Waals surface area (Å²) in [5.74, 6) is 1.12. The fourth-order valence-electron chi connectivity index (χ4n) is 3.52. The van der Waals surface area contributed by atoms with Crippen molar-refractivity contribution in [3.63, 3.8) is 0 Å². The summed E-state index contributed by atoms with van der Waals surface area (Å²) >= 11 is 5.99. The summed E-state index contributed by atoms with van der Waals surface area (Å²) in [6.45, 7) is 4.63. The second kappa shape index (κ2) is 11.3. The number of hydrogen-bond acceptors (Lipinski definition) is 7. The van der Waals surface area contributed by atoms with E-state index in [0.29, 0.717) is 34.5 Å². The molecule has 1 saturated heterocycles. The highest BCUT2D eigenvalue weighted by Gasteiger charge is 2.14. The second-order valence-electron chi connectivity index (χ2n) is 7.51. The highest BCUT2D eigenvalue weighted by molar-refractivity contribution is 6.30. The van der Waals surface area contributed by atoms with Gasteiger partial charge in [0.1, 0.15) is 6.61 Å². The molecule has 9 heteroatoms. The van der Waals surface area contributed by atoms with Gasteiger partial charge in [0.25, 0.3) is 0 Å². The van der Waals surface area contributed by atoms with Crippen LogP contribution in [-0.4, -0.2) is 68.2 Å². The molecule has 0 amide bonds. The number of nitrogens with one attached hydrogen (secondary N) is 1. The van der Waals surface area contributed by atoms with Gasteiger partial charge in [0.15, 0.2) is 18.3 Å². The highest BCUT2D eigenvalue weighted by atomic mass is 35.5. The number of H-pyrrole nitrogens is 1. The Hall–Kier alpha value is -2.91. The molecule has 0 radical (unpaired) electrons. The van der Waals surface area contributed by atoms with Gasteiger partial charge in [0, 0.05) is 37.3 Å². The van der Waals surface area contributed by atoms with E-state index in [2.05, 4.69) is 14.9 Å². The lowest BCUT2D eigenvalue weighted by Gasteiger charge is -2.26. The standard InChI is InChI=1S/C24H26ClN3O5/c1-30-16-33-22-7-4-18(14-23(22)32-13-10-28-8-11-31-12-9-28)21-15-20(26-24(29)27-21)17-2-5-19(25)6-3-17/h2-7,14-15H,8-13,16H2,1H3,(H,26,27,29). The lowest BCUT2D eigenvalue weighted by atomic mass is 10.1. The Balaban J connectivity index is 1.58. The summed E-state index contributed by atoms with van der Waals surface area (Å²) in [5, 5.41) is 0.626. The number of morpholine rings is 1. The number of ether oxygens (including phenoxy) is 4. The minimum atomic E-state index is -0.438. The van der Waals surface area contributed by atoms with Crippen LogP contribution >= 0.6 is 11.6 Å². The average molecular weight is 472 g/mol. The van der Waals surface area contributed by atoms with E-state index < -0.39 is 5.69 Å². The lowest BCUT2D eigenvalue weighted by molar-refractivity contribution is 0.0307. The molecule has 33 heavy (non-hydrogen) atoms. The van der Waals surface area contributed by atoms with Crippen molar-refractivity contribution in [1.82, 2.24) is 14.9 Å². The minimum Gasteiger partial charge on any atom is -0.488 e. The van der Waals surface area contributed by atoms with Crippen molar-refractivity contribution in [2.24, 2.45) is 0 Å². The average Bonchev–Trinajstić information content (AvgIpc) is 2.84. The molecule has 4 rings (SSSR count). The van der Waals surface area contributed by atoms with Crippen LogP contribution in [0.5, 0.6) is 11.5 Å². The van der Waals surface area contributed by atoms with Crippen molar-refractivity contribution in [2.45, 2.75) is 0 Å². The zero-order valence-electron chi connectivity index (χ0n) is 18.4. The van der Waals surface area contributed by atoms with E-state index in [0.717, 1.165) is 44.0 Å². The molecule has 2 heterocycles. The lowest BCUT2D eigenvalue weighted by Crippen LogP contribution is -2.38. The van der Waals surface area contributed by atoms with Gasteiger partial charge in [-0.3, -0.25) is 4.90 Å².